The number of benzene rings is 1. The molecule has 0 radical (unpaired) electrons. The molecule has 0 aliphatic carbocycles. The summed E-state index contributed by atoms with van der Waals surface area (Å²) in [4.78, 5) is 21.1. The van der Waals surface area contributed by atoms with E-state index in [1.165, 1.54) is 16.8 Å². The van der Waals surface area contributed by atoms with Gasteiger partial charge in [-0.05, 0) is 30.9 Å². The Morgan fingerprint density at radius 3 is 3.17 bits per heavy atom. The summed E-state index contributed by atoms with van der Waals surface area (Å²) < 4.78 is 5.03. The molecule has 2 aliphatic rings. The van der Waals surface area contributed by atoms with Crippen LogP contribution in [0.1, 0.15) is 30.4 Å². The van der Waals surface area contributed by atoms with Gasteiger partial charge in [0, 0.05) is 70.3 Å². The van der Waals surface area contributed by atoms with Gasteiger partial charge in [-0.1, -0.05) is 12.1 Å². The fourth-order valence-electron chi connectivity index (χ4n) is 3.62. The highest BCUT2D eigenvalue weighted by Crippen LogP contribution is 2.28. The second kappa shape index (κ2) is 7.79. The summed E-state index contributed by atoms with van der Waals surface area (Å²) in [5.74, 6) is 0.250. The normalized spacial score (nSPS) is 19.4. The Morgan fingerprint density at radius 2 is 2.33 bits per heavy atom. The van der Waals surface area contributed by atoms with Crippen LogP contribution in [0.3, 0.4) is 0 Å². The number of carbonyl (C=O) groups is 1. The first-order valence-electron chi connectivity index (χ1n) is 8.82. The van der Waals surface area contributed by atoms with Crippen LogP contribution in [0, 0.1) is 0 Å². The van der Waals surface area contributed by atoms with Crippen molar-refractivity contribution in [2.24, 2.45) is 4.99 Å². The van der Waals surface area contributed by atoms with Crippen molar-refractivity contribution < 1.29 is 9.53 Å². The van der Waals surface area contributed by atoms with E-state index < -0.39 is 0 Å². The van der Waals surface area contributed by atoms with Gasteiger partial charge in [0.1, 0.15) is 0 Å². The van der Waals surface area contributed by atoms with Crippen molar-refractivity contribution in [2.45, 2.75) is 31.7 Å². The number of hydrogen-bond donors (Lipinski definition) is 0. The highest BCUT2D eigenvalue weighted by molar-refractivity contribution is 5.91. The first-order valence-corrected chi connectivity index (χ1v) is 8.82. The van der Waals surface area contributed by atoms with Gasteiger partial charge in [0.2, 0.25) is 5.91 Å². The minimum Gasteiger partial charge on any atom is -0.385 e. The van der Waals surface area contributed by atoms with E-state index in [0.717, 1.165) is 38.9 Å². The predicted octanol–water partition coefficient (Wildman–Crippen LogP) is 2.13. The highest BCUT2D eigenvalue weighted by Gasteiger charge is 2.29. The van der Waals surface area contributed by atoms with Crippen molar-refractivity contribution in [2.75, 3.05) is 45.3 Å². The Kier molecular flexibility index (Phi) is 5.51. The Bertz CT molecular complexity index is 615. The molecule has 0 aromatic heterocycles. The van der Waals surface area contributed by atoms with Crippen molar-refractivity contribution in [1.29, 1.82) is 0 Å². The average molecular weight is 329 g/mol. The summed E-state index contributed by atoms with van der Waals surface area (Å²) in [6.45, 7) is 3.19. The molecule has 1 amide bonds. The van der Waals surface area contributed by atoms with Gasteiger partial charge in [-0.2, -0.15) is 0 Å². The maximum Gasteiger partial charge on any atom is 0.222 e. The van der Waals surface area contributed by atoms with Crippen molar-refractivity contribution in [1.82, 2.24) is 4.90 Å². The van der Waals surface area contributed by atoms with E-state index in [0.29, 0.717) is 19.1 Å². The highest BCUT2D eigenvalue weighted by atomic mass is 16.5. The van der Waals surface area contributed by atoms with E-state index in [2.05, 4.69) is 35.1 Å². The lowest BCUT2D eigenvalue weighted by Crippen LogP contribution is -2.37. The van der Waals surface area contributed by atoms with Gasteiger partial charge in [0.05, 0.1) is 0 Å². The summed E-state index contributed by atoms with van der Waals surface area (Å²) in [6.07, 6.45) is 5.43. The first-order chi connectivity index (χ1) is 11.7. The molecular formula is C19H27N3O2. The molecule has 5 heteroatoms. The van der Waals surface area contributed by atoms with Crippen molar-refractivity contribution in [3.8, 4) is 0 Å². The van der Waals surface area contributed by atoms with Gasteiger partial charge in [0.15, 0.2) is 0 Å². The molecule has 0 saturated carbocycles. The molecular weight excluding hydrogens is 302 g/mol. The monoisotopic (exact) mass is 329 g/mol. The van der Waals surface area contributed by atoms with E-state index in [1.807, 2.05) is 11.1 Å². The quantitative estimate of drug-likeness (QED) is 0.751. The van der Waals surface area contributed by atoms with Crippen molar-refractivity contribution >= 4 is 17.8 Å². The molecule has 1 aromatic carbocycles. The van der Waals surface area contributed by atoms with Crippen molar-refractivity contribution in [3.63, 3.8) is 0 Å². The van der Waals surface area contributed by atoms with E-state index in [1.54, 1.807) is 7.11 Å². The maximum absolute atomic E-state index is 12.3. The maximum atomic E-state index is 12.3. The number of anilines is 1. The number of methoxy groups -OCH3 is 1. The van der Waals surface area contributed by atoms with Crippen LogP contribution < -0.4 is 4.90 Å². The Hall–Kier alpha value is -1.88. The number of aliphatic imine (C=N–C) groups is 1. The molecule has 1 saturated heterocycles. The van der Waals surface area contributed by atoms with E-state index in [-0.39, 0.29) is 5.91 Å². The lowest BCUT2D eigenvalue weighted by molar-refractivity contribution is -0.130. The summed E-state index contributed by atoms with van der Waals surface area (Å²) in [7, 11) is 3.82. The Labute approximate surface area is 144 Å². The zero-order chi connectivity index (χ0) is 16.9. The molecule has 1 aromatic rings. The summed E-state index contributed by atoms with van der Waals surface area (Å²) in [5.41, 5.74) is 3.85. The number of likely N-dealkylation sites (N-methyl/N-ethyl adjacent to an activating group) is 1. The third-order valence-corrected chi connectivity index (χ3v) is 5.09. The molecule has 2 aliphatic heterocycles. The number of fused-ring (bicyclic) bond motifs is 1. The molecule has 1 atom stereocenters. The number of nitrogens with zero attached hydrogens (tertiary/aromatic N) is 3. The van der Waals surface area contributed by atoms with Gasteiger partial charge < -0.3 is 14.5 Å². The molecule has 1 fully saturated rings. The van der Waals surface area contributed by atoms with Crippen LogP contribution in [-0.2, 0) is 16.0 Å². The average Bonchev–Trinajstić information content (AvgIpc) is 3.11. The Balaban J connectivity index is 1.64. The minimum atomic E-state index is 0.250. The molecule has 5 nitrogen and oxygen atoms in total. The summed E-state index contributed by atoms with van der Waals surface area (Å²) in [6, 6.07) is 6.86. The number of likely N-dealkylation sites (tertiary alicyclic amines) is 1. The lowest BCUT2D eigenvalue weighted by atomic mass is 10.00. The van der Waals surface area contributed by atoms with E-state index >= 15 is 0 Å². The summed E-state index contributed by atoms with van der Waals surface area (Å²) >= 11 is 0. The number of ether oxygens (including phenoxy) is 1. The van der Waals surface area contributed by atoms with Crippen LogP contribution in [0.5, 0.6) is 0 Å². The minimum absolute atomic E-state index is 0.250. The number of rotatable bonds is 6. The third-order valence-electron chi connectivity index (χ3n) is 5.09. The van der Waals surface area contributed by atoms with Crippen LogP contribution in [0.25, 0.3) is 0 Å². The topological polar surface area (TPSA) is 45.1 Å². The molecule has 24 heavy (non-hydrogen) atoms. The molecule has 0 N–H and O–H groups in total. The second-order valence-electron chi connectivity index (χ2n) is 6.62. The molecule has 2 heterocycles. The first kappa shape index (κ1) is 17.0. The third kappa shape index (κ3) is 3.61. The van der Waals surface area contributed by atoms with Crippen molar-refractivity contribution in [3.05, 3.63) is 29.3 Å². The van der Waals surface area contributed by atoms with Crippen LogP contribution in [0.4, 0.5) is 5.69 Å². The number of carbonyl (C=O) groups excluding carboxylic acids is 1. The molecule has 130 valence electrons. The number of hydrogen-bond acceptors (Lipinski definition) is 4. The van der Waals surface area contributed by atoms with E-state index in [9.17, 15) is 4.79 Å². The van der Waals surface area contributed by atoms with E-state index in [4.69, 9.17) is 4.74 Å². The smallest absolute Gasteiger partial charge is 0.222 e. The lowest BCUT2D eigenvalue weighted by Gasteiger charge is -2.29. The van der Waals surface area contributed by atoms with Crippen LogP contribution in [0.15, 0.2) is 23.2 Å². The molecule has 0 spiro atoms. The predicted molar refractivity (Wildman–Crippen MR) is 97.1 cm³/mol. The second-order valence-corrected chi connectivity index (χ2v) is 6.62. The molecule has 0 bridgehead atoms. The zero-order valence-electron chi connectivity index (χ0n) is 14.7. The van der Waals surface area contributed by atoms with Gasteiger partial charge in [0.25, 0.3) is 0 Å². The largest absolute Gasteiger partial charge is 0.385 e. The van der Waals surface area contributed by atoms with Crippen LogP contribution in [-0.4, -0.2) is 63.5 Å². The summed E-state index contributed by atoms with van der Waals surface area (Å²) in [5, 5.41) is 0. The number of amides is 1. The van der Waals surface area contributed by atoms with Gasteiger partial charge >= 0.3 is 0 Å². The Morgan fingerprint density at radius 1 is 1.46 bits per heavy atom. The molecule has 1 unspecified atom stereocenters. The zero-order valence-corrected chi connectivity index (χ0v) is 14.7. The fourth-order valence-corrected chi connectivity index (χ4v) is 3.62. The van der Waals surface area contributed by atoms with Gasteiger partial charge in [-0.15, -0.1) is 0 Å². The van der Waals surface area contributed by atoms with Crippen LogP contribution in [0.2, 0.25) is 0 Å². The fraction of sp³-hybridized carbons (Fsp3) is 0.579. The molecule has 3 rings (SSSR count). The SMILES string of the molecule is COCCCC(=O)N1CCC(N(C)c2cccc3c2C=NCC3)C1. The van der Waals surface area contributed by atoms with Gasteiger partial charge in [-0.25, -0.2) is 0 Å². The van der Waals surface area contributed by atoms with Crippen LogP contribution >= 0.6 is 0 Å². The van der Waals surface area contributed by atoms with Gasteiger partial charge in [-0.3, -0.25) is 9.79 Å². The standard InChI is InChI=1S/C19H27N3O2/c1-21(18-6-3-5-15-8-10-20-13-17(15)18)16-9-11-22(14-16)19(23)7-4-12-24-2/h3,5-6,13,16H,4,7-12,14H2,1-2H3.